The van der Waals surface area contributed by atoms with Gasteiger partial charge in [0.25, 0.3) is 0 Å². The Balaban J connectivity index is 0.00000200. The van der Waals surface area contributed by atoms with Crippen LogP contribution in [0.5, 0.6) is 5.75 Å². The summed E-state index contributed by atoms with van der Waals surface area (Å²) in [6.45, 7) is 3.87. The van der Waals surface area contributed by atoms with Crippen molar-refractivity contribution in [2.24, 2.45) is 0 Å². The molecule has 0 aromatic heterocycles. The van der Waals surface area contributed by atoms with E-state index in [0.29, 0.717) is 5.56 Å². The molecule has 1 aliphatic rings. The van der Waals surface area contributed by atoms with Gasteiger partial charge in [0.05, 0.1) is 25.5 Å². The van der Waals surface area contributed by atoms with Crippen molar-refractivity contribution >= 4 is 24.1 Å². The normalized spacial score (nSPS) is 15.4. The molecule has 112 valence electrons. The fourth-order valence-corrected chi connectivity index (χ4v) is 2.23. The number of hydrogen-bond acceptors (Lipinski definition) is 5. The van der Waals surface area contributed by atoms with Gasteiger partial charge in [0.1, 0.15) is 5.75 Å². The Hall–Kier alpha value is -1.46. The molecule has 2 rings (SSSR count). The van der Waals surface area contributed by atoms with E-state index in [1.165, 1.54) is 7.11 Å². The van der Waals surface area contributed by atoms with Crippen molar-refractivity contribution in [1.82, 2.24) is 4.90 Å². The van der Waals surface area contributed by atoms with Crippen LogP contribution in [0.25, 0.3) is 0 Å². The maximum absolute atomic E-state index is 11.6. The Morgan fingerprint density at radius 2 is 1.80 bits per heavy atom. The Morgan fingerprint density at radius 1 is 1.15 bits per heavy atom. The molecule has 0 aliphatic carbocycles. The molecule has 0 atom stereocenters. The monoisotopic (exact) mass is 300 g/mol. The molecule has 0 amide bonds. The molecule has 1 aliphatic heterocycles. The molecular weight excluding hydrogens is 280 g/mol. The summed E-state index contributed by atoms with van der Waals surface area (Å²) in [7, 11) is 5.15. The molecule has 5 nitrogen and oxygen atoms in total. The van der Waals surface area contributed by atoms with Gasteiger partial charge in [-0.15, -0.1) is 12.4 Å². The van der Waals surface area contributed by atoms with Gasteiger partial charge in [-0.25, -0.2) is 4.79 Å². The van der Waals surface area contributed by atoms with Crippen LogP contribution in [0.1, 0.15) is 10.4 Å². The second-order valence-electron chi connectivity index (χ2n) is 4.67. The fourth-order valence-electron chi connectivity index (χ4n) is 2.23. The molecule has 1 aromatic rings. The highest BCUT2D eigenvalue weighted by Crippen LogP contribution is 2.30. The van der Waals surface area contributed by atoms with Gasteiger partial charge in [0, 0.05) is 26.2 Å². The lowest BCUT2D eigenvalue weighted by molar-refractivity contribution is 0.0600. The third-order valence-electron chi connectivity index (χ3n) is 3.44. The summed E-state index contributed by atoms with van der Waals surface area (Å²) < 4.78 is 10.1. The summed E-state index contributed by atoms with van der Waals surface area (Å²) in [6.07, 6.45) is 0. The third-order valence-corrected chi connectivity index (χ3v) is 3.44. The van der Waals surface area contributed by atoms with Crippen LogP contribution in [0.2, 0.25) is 0 Å². The van der Waals surface area contributed by atoms with Crippen LogP contribution in [0.15, 0.2) is 18.2 Å². The van der Waals surface area contributed by atoms with Gasteiger partial charge in [-0.1, -0.05) is 0 Å². The first-order valence-electron chi connectivity index (χ1n) is 6.35. The number of esters is 1. The summed E-state index contributed by atoms with van der Waals surface area (Å²) in [5, 5.41) is 0. The van der Waals surface area contributed by atoms with Crippen molar-refractivity contribution in [3.63, 3.8) is 0 Å². The highest BCUT2D eigenvalue weighted by molar-refractivity contribution is 5.91. The molecule has 0 saturated carbocycles. The van der Waals surface area contributed by atoms with Gasteiger partial charge in [-0.05, 0) is 25.2 Å². The van der Waals surface area contributed by atoms with Gasteiger partial charge in [0.15, 0.2) is 0 Å². The minimum Gasteiger partial charge on any atom is -0.495 e. The molecule has 1 saturated heterocycles. The lowest BCUT2D eigenvalue weighted by atomic mass is 10.1. The average Bonchev–Trinajstić information content (AvgIpc) is 2.46. The number of anilines is 1. The molecule has 20 heavy (non-hydrogen) atoms. The minimum atomic E-state index is -0.321. The lowest BCUT2D eigenvalue weighted by Gasteiger charge is -2.34. The van der Waals surface area contributed by atoms with E-state index in [4.69, 9.17) is 9.47 Å². The van der Waals surface area contributed by atoms with Crippen LogP contribution in [0, 0.1) is 0 Å². The van der Waals surface area contributed by atoms with Gasteiger partial charge in [-0.2, -0.15) is 0 Å². The van der Waals surface area contributed by atoms with Crippen molar-refractivity contribution in [2.75, 3.05) is 52.3 Å². The molecule has 6 heteroatoms. The summed E-state index contributed by atoms with van der Waals surface area (Å²) in [6, 6.07) is 5.39. The van der Waals surface area contributed by atoms with Crippen LogP contribution in [-0.4, -0.2) is 58.3 Å². The van der Waals surface area contributed by atoms with E-state index in [1.54, 1.807) is 13.2 Å². The third kappa shape index (κ3) is 3.55. The zero-order valence-corrected chi connectivity index (χ0v) is 12.9. The van der Waals surface area contributed by atoms with E-state index in [-0.39, 0.29) is 18.4 Å². The average molecular weight is 301 g/mol. The number of hydrogen-bond donors (Lipinski definition) is 0. The molecule has 0 bridgehead atoms. The van der Waals surface area contributed by atoms with Crippen LogP contribution < -0.4 is 9.64 Å². The molecule has 1 heterocycles. The first-order chi connectivity index (χ1) is 9.15. The number of halogens is 1. The number of nitrogens with zero attached hydrogens (tertiary/aromatic N) is 2. The van der Waals surface area contributed by atoms with Crippen LogP contribution >= 0.6 is 12.4 Å². The van der Waals surface area contributed by atoms with E-state index in [9.17, 15) is 4.79 Å². The predicted octanol–water partition coefficient (Wildman–Crippen LogP) is 1.66. The lowest BCUT2D eigenvalue weighted by Crippen LogP contribution is -2.44. The van der Waals surface area contributed by atoms with Gasteiger partial charge in [0.2, 0.25) is 0 Å². The van der Waals surface area contributed by atoms with Crippen molar-refractivity contribution in [2.45, 2.75) is 0 Å². The molecule has 0 N–H and O–H groups in total. The van der Waals surface area contributed by atoms with Crippen molar-refractivity contribution in [3.05, 3.63) is 23.8 Å². The van der Waals surface area contributed by atoms with E-state index in [2.05, 4.69) is 16.8 Å². The van der Waals surface area contributed by atoms with Crippen LogP contribution in [-0.2, 0) is 4.74 Å². The summed E-state index contributed by atoms with van der Waals surface area (Å²) >= 11 is 0. The molecule has 0 radical (unpaired) electrons. The maximum Gasteiger partial charge on any atom is 0.337 e. The molecule has 0 unspecified atom stereocenters. The molecule has 1 aromatic carbocycles. The first kappa shape index (κ1) is 16.6. The first-order valence-corrected chi connectivity index (χ1v) is 6.35. The number of likely N-dealkylation sites (N-methyl/N-ethyl adjacent to an activating group) is 1. The van der Waals surface area contributed by atoms with E-state index < -0.39 is 0 Å². The second kappa shape index (κ2) is 7.36. The second-order valence-corrected chi connectivity index (χ2v) is 4.67. The quantitative estimate of drug-likeness (QED) is 0.794. The van der Waals surface area contributed by atoms with Gasteiger partial charge in [-0.3, -0.25) is 0 Å². The topological polar surface area (TPSA) is 42.0 Å². The molecule has 1 fully saturated rings. The van der Waals surface area contributed by atoms with Gasteiger partial charge < -0.3 is 19.3 Å². The highest BCUT2D eigenvalue weighted by atomic mass is 35.5. The highest BCUT2D eigenvalue weighted by Gasteiger charge is 2.19. The number of methoxy groups -OCH3 is 2. The number of benzene rings is 1. The van der Waals surface area contributed by atoms with Crippen molar-refractivity contribution in [1.29, 1.82) is 0 Å². The van der Waals surface area contributed by atoms with Crippen molar-refractivity contribution < 1.29 is 14.3 Å². The Bertz CT molecular complexity index is 460. The number of rotatable bonds is 3. The van der Waals surface area contributed by atoms with Crippen molar-refractivity contribution in [3.8, 4) is 5.75 Å². The summed E-state index contributed by atoms with van der Waals surface area (Å²) in [5.74, 6) is 0.468. The van der Waals surface area contributed by atoms with Crippen LogP contribution in [0.4, 0.5) is 5.69 Å². The van der Waals surface area contributed by atoms with Gasteiger partial charge >= 0.3 is 5.97 Å². The summed E-state index contributed by atoms with van der Waals surface area (Å²) in [4.78, 5) is 16.1. The van der Waals surface area contributed by atoms with Crippen LogP contribution in [0.3, 0.4) is 0 Å². The molecular formula is C14H21ClN2O3. The zero-order valence-electron chi connectivity index (χ0n) is 12.1. The number of carbonyl (C=O) groups excluding carboxylic acids is 1. The van der Waals surface area contributed by atoms with E-state index >= 15 is 0 Å². The minimum absolute atomic E-state index is 0. The number of carbonyl (C=O) groups is 1. The Kier molecular flexibility index (Phi) is 6.10. The largest absolute Gasteiger partial charge is 0.495 e. The SMILES string of the molecule is COC(=O)c1ccc(OC)c(N2CCN(C)CC2)c1.Cl. The van der Waals surface area contributed by atoms with E-state index in [1.807, 2.05) is 12.1 Å². The fraction of sp³-hybridized carbons (Fsp3) is 0.500. The maximum atomic E-state index is 11.6. The smallest absolute Gasteiger partial charge is 0.337 e. The zero-order chi connectivity index (χ0) is 13.8. The molecule has 0 spiro atoms. The predicted molar refractivity (Wildman–Crippen MR) is 81.3 cm³/mol. The standard InChI is InChI=1S/C14H20N2O3.ClH/c1-15-6-8-16(9-7-15)12-10-11(14(17)19-3)4-5-13(12)18-2;/h4-5,10H,6-9H2,1-3H3;1H. The summed E-state index contributed by atoms with van der Waals surface area (Å²) in [5.41, 5.74) is 1.51. The Morgan fingerprint density at radius 3 is 2.35 bits per heavy atom. The van der Waals surface area contributed by atoms with E-state index in [0.717, 1.165) is 37.6 Å². The number of piperazine rings is 1. The Labute approximate surface area is 125 Å². The number of ether oxygens (including phenoxy) is 2.